The average Bonchev–Trinajstić information content (AvgIpc) is 3.14. The topological polar surface area (TPSA) is 60.4 Å². The third kappa shape index (κ3) is 2.64. The molecular weight excluding hydrogens is 366 g/mol. The first kappa shape index (κ1) is 15.7. The van der Waals surface area contributed by atoms with Gasteiger partial charge in [0.15, 0.2) is 0 Å². The van der Waals surface area contributed by atoms with Crippen molar-refractivity contribution in [2.24, 2.45) is 11.0 Å². The van der Waals surface area contributed by atoms with E-state index in [9.17, 15) is 4.79 Å². The summed E-state index contributed by atoms with van der Waals surface area (Å²) < 4.78 is 7.09. The van der Waals surface area contributed by atoms with Crippen molar-refractivity contribution in [1.82, 2.24) is 9.66 Å². The molecule has 130 valence electrons. The Labute approximate surface area is 157 Å². The van der Waals surface area contributed by atoms with Crippen LogP contribution in [0.2, 0.25) is 0 Å². The standard InChI is InChI=1S/C19H15N3O2S2/c1-11-7-13(11)15-5-4-12(24-15)8-21-22-10-20-18-17(19(22)23)14(9-26-18)16-3-2-6-25-16/h2-6,8-11,13H,7H2,1H3/b21-8-/t11-,13+/m1/s1. The summed E-state index contributed by atoms with van der Waals surface area (Å²) >= 11 is 3.08. The van der Waals surface area contributed by atoms with Crippen LogP contribution in [0.1, 0.15) is 30.8 Å². The monoisotopic (exact) mass is 381 g/mol. The van der Waals surface area contributed by atoms with Gasteiger partial charge in [-0.15, -0.1) is 22.7 Å². The largest absolute Gasteiger partial charge is 0.460 e. The molecule has 2 atom stereocenters. The second kappa shape index (κ2) is 6.03. The molecule has 1 aliphatic rings. The number of nitrogens with zero attached hydrogens (tertiary/aromatic N) is 3. The van der Waals surface area contributed by atoms with Crippen LogP contribution in [-0.2, 0) is 0 Å². The van der Waals surface area contributed by atoms with Gasteiger partial charge >= 0.3 is 0 Å². The maximum Gasteiger partial charge on any atom is 0.283 e. The van der Waals surface area contributed by atoms with Crippen molar-refractivity contribution < 1.29 is 4.42 Å². The first-order valence-electron chi connectivity index (χ1n) is 8.37. The van der Waals surface area contributed by atoms with Crippen LogP contribution in [0.25, 0.3) is 20.7 Å². The van der Waals surface area contributed by atoms with Gasteiger partial charge in [-0.05, 0) is 35.9 Å². The minimum atomic E-state index is -0.168. The summed E-state index contributed by atoms with van der Waals surface area (Å²) in [5, 5.41) is 8.87. The van der Waals surface area contributed by atoms with Gasteiger partial charge in [-0.2, -0.15) is 9.78 Å². The van der Waals surface area contributed by atoms with Crippen LogP contribution in [0.15, 0.2) is 55.7 Å². The van der Waals surface area contributed by atoms with Crippen molar-refractivity contribution >= 4 is 39.1 Å². The zero-order valence-electron chi connectivity index (χ0n) is 14.0. The van der Waals surface area contributed by atoms with Crippen LogP contribution in [0.3, 0.4) is 0 Å². The van der Waals surface area contributed by atoms with Crippen molar-refractivity contribution in [3.63, 3.8) is 0 Å². The quantitative estimate of drug-likeness (QED) is 0.478. The zero-order chi connectivity index (χ0) is 17.7. The molecule has 5 rings (SSSR count). The smallest absolute Gasteiger partial charge is 0.283 e. The van der Waals surface area contributed by atoms with Crippen molar-refractivity contribution in [1.29, 1.82) is 0 Å². The van der Waals surface area contributed by atoms with Crippen LogP contribution < -0.4 is 5.56 Å². The van der Waals surface area contributed by atoms with Crippen LogP contribution in [0, 0.1) is 5.92 Å². The molecule has 4 aromatic heterocycles. The molecule has 0 spiro atoms. The molecule has 1 fully saturated rings. The lowest BCUT2D eigenvalue weighted by Gasteiger charge is -1.99. The lowest BCUT2D eigenvalue weighted by molar-refractivity contribution is 0.500. The number of thiophene rings is 2. The molecule has 0 saturated heterocycles. The molecule has 26 heavy (non-hydrogen) atoms. The van der Waals surface area contributed by atoms with E-state index in [1.54, 1.807) is 17.6 Å². The number of rotatable bonds is 4. The molecule has 0 unspecified atom stereocenters. The Hall–Kier alpha value is -2.51. The van der Waals surface area contributed by atoms with E-state index in [1.165, 1.54) is 28.8 Å². The molecular formula is C19H15N3O2S2. The minimum absolute atomic E-state index is 0.168. The van der Waals surface area contributed by atoms with Gasteiger partial charge in [0.1, 0.15) is 22.7 Å². The number of furan rings is 1. The highest BCUT2D eigenvalue weighted by Crippen LogP contribution is 2.47. The van der Waals surface area contributed by atoms with Gasteiger partial charge in [-0.1, -0.05) is 13.0 Å². The summed E-state index contributed by atoms with van der Waals surface area (Å²) in [6.45, 7) is 2.22. The third-order valence-electron chi connectivity index (χ3n) is 4.70. The van der Waals surface area contributed by atoms with E-state index in [0.29, 0.717) is 23.0 Å². The maximum absolute atomic E-state index is 12.9. The molecule has 5 nitrogen and oxygen atoms in total. The Bertz CT molecular complexity index is 1170. The molecule has 0 amide bonds. The minimum Gasteiger partial charge on any atom is -0.460 e. The number of hydrogen-bond acceptors (Lipinski definition) is 6. The fourth-order valence-corrected chi connectivity index (χ4v) is 4.81. The van der Waals surface area contributed by atoms with E-state index < -0.39 is 0 Å². The Balaban J connectivity index is 1.51. The van der Waals surface area contributed by atoms with Crippen molar-refractivity contribution in [2.75, 3.05) is 0 Å². The van der Waals surface area contributed by atoms with Crippen LogP contribution in [0.4, 0.5) is 0 Å². The lowest BCUT2D eigenvalue weighted by atomic mass is 10.2. The molecule has 4 aromatic rings. The number of hydrogen-bond donors (Lipinski definition) is 0. The summed E-state index contributed by atoms with van der Waals surface area (Å²) in [5.74, 6) is 2.86. The summed E-state index contributed by atoms with van der Waals surface area (Å²) in [7, 11) is 0. The van der Waals surface area contributed by atoms with E-state index >= 15 is 0 Å². The Morgan fingerprint density at radius 1 is 1.35 bits per heavy atom. The molecule has 0 aromatic carbocycles. The molecule has 1 saturated carbocycles. The van der Waals surface area contributed by atoms with Gasteiger partial charge in [0.2, 0.25) is 0 Å². The van der Waals surface area contributed by atoms with E-state index in [4.69, 9.17) is 4.42 Å². The van der Waals surface area contributed by atoms with Gasteiger partial charge in [0, 0.05) is 21.7 Å². The summed E-state index contributed by atoms with van der Waals surface area (Å²) in [4.78, 5) is 19.1. The molecule has 0 radical (unpaired) electrons. The van der Waals surface area contributed by atoms with Gasteiger partial charge in [-0.3, -0.25) is 4.79 Å². The fourth-order valence-electron chi connectivity index (χ4n) is 3.09. The molecule has 1 aliphatic carbocycles. The van der Waals surface area contributed by atoms with Gasteiger partial charge in [-0.25, -0.2) is 4.98 Å². The first-order chi connectivity index (χ1) is 12.7. The SMILES string of the molecule is C[C@@H]1C[C@@H]1c1ccc(/C=N\n2cnc3scc(-c4cccs4)c3c2=O)o1. The van der Waals surface area contributed by atoms with Crippen molar-refractivity contribution in [2.45, 2.75) is 19.3 Å². The highest BCUT2D eigenvalue weighted by Gasteiger charge is 2.36. The highest BCUT2D eigenvalue weighted by atomic mass is 32.1. The van der Waals surface area contributed by atoms with Gasteiger partial charge in [0.05, 0.1) is 11.6 Å². The van der Waals surface area contributed by atoms with Crippen molar-refractivity contribution in [3.8, 4) is 10.4 Å². The highest BCUT2D eigenvalue weighted by molar-refractivity contribution is 7.18. The Morgan fingerprint density at radius 3 is 3.00 bits per heavy atom. The maximum atomic E-state index is 12.9. The van der Waals surface area contributed by atoms with E-state index in [1.807, 2.05) is 35.0 Å². The average molecular weight is 381 g/mol. The lowest BCUT2D eigenvalue weighted by Crippen LogP contribution is -2.16. The van der Waals surface area contributed by atoms with E-state index in [0.717, 1.165) is 21.0 Å². The van der Waals surface area contributed by atoms with Gasteiger partial charge < -0.3 is 4.42 Å². The van der Waals surface area contributed by atoms with Crippen LogP contribution >= 0.6 is 22.7 Å². The number of aromatic nitrogens is 2. The Morgan fingerprint density at radius 2 is 2.23 bits per heavy atom. The van der Waals surface area contributed by atoms with Gasteiger partial charge in [0.25, 0.3) is 5.56 Å². The third-order valence-corrected chi connectivity index (χ3v) is 6.49. The van der Waals surface area contributed by atoms with Crippen molar-refractivity contribution in [3.05, 3.63) is 63.2 Å². The summed E-state index contributed by atoms with van der Waals surface area (Å²) in [5.41, 5.74) is 0.753. The van der Waals surface area contributed by atoms with Crippen LogP contribution in [0.5, 0.6) is 0 Å². The summed E-state index contributed by atoms with van der Waals surface area (Å²) in [6.07, 6.45) is 4.21. The van der Waals surface area contributed by atoms with Crippen LogP contribution in [-0.4, -0.2) is 15.9 Å². The predicted molar refractivity (Wildman–Crippen MR) is 105 cm³/mol. The number of fused-ring (bicyclic) bond motifs is 1. The zero-order valence-corrected chi connectivity index (χ0v) is 15.6. The van der Waals surface area contributed by atoms with E-state index in [-0.39, 0.29) is 5.56 Å². The molecule has 4 heterocycles. The molecule has 0 aliphatic heterocycles. The summed E-state index contributed by atoms with van der Waals surface area (Å²) in [6, 6.07) is 7.87. The normalized spacial score (nSPS) is 19.6. The second-order valence-corrected chi connectivity index (χ2v) is 8.31. The molecule has 0 bridgehead atoms. The molecule has 7 heteroatoms. The predicted octanol–water partition coefficient (Wildman–Crippen LogP) is 4.79. The Kier molecular flexibility index (Phi) is 3.65. The molecule has 0 N–H and O–H groups in total. The van der Waals surface area contributed by atoms with E-state index in [2.05, 4.69) is 17.0 Å². The fraction of sp³-hybridized carbons (Fsp3) is 0.211. The first-order valence-corrected chi connectivity index (χ1v) is 10.1. The second-order valence-electron chi connectivity index (χ2n) is 6.51.